The number of aliphatic hydroxyl groups is 3. The number of ether oxygens (including phenoxy) is 8. The topological polar surface area (TPSA) is 183 Å². The van der Waals surface area contributed by atoms with Crippen LogP contribution < -0.4 is 0 Å². The summed E-state index contributed by atoms with van der Waals surface area (Å²) in [6.07, 6.45) is 2.43. The van der Waals surface area contributed by atoms with E-state index in [2.05, 4.69) is 13.0 Å². The molecular weight excluding hydrogens is 768 g/mol. The number of carbonyl (C=O) groups excluding carboxylic acids is 1. The number of fused-ring (bicyclic) bond motifs is 3. The Balaban J connectivity index is 0.871. The first-order valence-electron chi connectivity index (χ1n) is 21.6. The summed E-state index contributed by atoms with van der Waals surface area (Å²) in [5.74, 6) is 0.0802. The van der Waals surface area contributed by atoms with E-state index in [4.69, 9.17) is 52.1 Å². The van der Waals surface area contributed by atoms with Crippen LogP contribution in [0.2, 0.25) is 0 Å². The molecule has 0 amide bonds. The fourth-order valence-corrected chi connectivity index (χ4v) is 11.2. The smallest absolute Gasteiger partial charge is 0.172 e. The summed E-state index contributed by atoms with van der Waals surface area (Å²) in [4.78, 5) is 25.6. The summed E-state index contributed by atoms with van der Waals surface area (Å²) >= 11 is 0. The quantitative estimate of drug-likeness (QED) is 0.138. The van der Waals surface area contributed by atoms with Crippen molar-refractivity contribution in [1.29, 1.82) is 0 Å². The molecule has 3 aliphatic carbocycles. The molecule has 4 heterocycles. The van der Waals surface area contributed by atoms with E-state index in [9.17, 15) is 20.1 Å². The van der Waals surface area contributed by atoms with Crippen LogP contribution in [0.1, 0.15) is 90.4 Å². The summed E-state index contributed by atoms with van der Waals surface area (Å²) in [6.45, 7) is 10.7. The van der Waals surface area contributed by atoms with Gasteiger partial charge in [-0.1, -0.05) is 18.6 Å². The molecule has 1 aromatic rings. The molecule has 0 spiro atoms. The van der Waals surface area contributed by atoms with Gasteiger partial charge in [-0.3, -0.25) is 4.79 Å². The van der Waals surface area contributed by atoms with Gasteiger partial charge in [0.05, 0.1) is 80.5 Å². The lowest BCUT2D eigenvalue weighted by molar-refractivity contribution is -0.390. The zero-order chi connectivity index (χ0) is 42.2. The lowest BCUT2D eigenvalue weighted by atomic mass is 9.51. The largest absolute Gasteiger partial charge is 0.469 e. The summed E-state index contributed by atoms with van der Waals surface area (Å²) in [5, 5.41) is 33.4. The van der Waals surface area contributed by atoms with Crippen LogP contribution in [0.5, 0.6) is 0 Å². The summed E-state index contributed by atoms with van der Waals surface area (Å²) in [5.41, 5.74) is -0.203. The molecule has 7 rings (SSSR count). The highest BCUT2D eigenvalue weighted by Gasteiger charge is 2.58. The fourth-order valence-electron chi connectivity index (χ4n) is 11.2. The highest BCUT2D eigenvalue weighted by molar-refractivity contribution is 5.92. The molecule has 15 heteroatoms. The number of allylic oxidation sites excluding steroid dienone is 1. The monoisotopic (exact) mass is 836 g/mol. The van der Waals surface area contributed by atoms with E-state index in [-0.39, 0.29) is 66.8 Å². The van der Waals surface area contributed by atoms with E-state index in [0.717, 1.165) is 0 Å². The van der Waals surface area contributed by atoms with Gasteiger partial charge >= 0.3 is 0 Å². The third-order valence-corrected chi connectivity index (χ3v) is 14.7. The average molecular weight is 837 g/mol. The Kier molecular flexibility index (Phi) is 14.5. The van der Waals surface area contributed by atoms with E-state index in [1.165, 1.54) is 11.8 Å². The van der Waals surface area contributed by atoms with Crippen molar-refractivity contribution in [2.45, 2.75) is 171 Å². The lowest BCUT2D eigenvalue weighted by Gasteiger charge is -2.55. The van der Waals surface area contributed by atoms with Crippen molar-refractivity contribution in [3.05, 3.63) is 35.3 Å². The van der Waals surface area contributed by atoms with Crippen molar-refractivity contribution in [2.75, 3.05) is 41.2 Å². The normalized spacial score (nSPS) is 45.4. The Labute approximate surface area is 348 Å². The number of methoxy groups -OCH3 is 3. The van der Waals surface area contributed by atoms with E-state index < -0.39 is 53.9 Å². The van der Waals surface area contributed by atoms with Crippen LogP contribution in [0, 0.1) is 30.1 Å². The Hall–Kier alpha value is -1.83. The van der Waals surface area contributed by atoms with Crippen molar-refractivity contribution in [1.82, 2.24) is 0 Å². The maximum atomic E-state index is 13.9. The van der Waals surface area contributed by atoms with Crippen LogP contribution in [-0.2, 0) is 58.1 Å². The fraction of sp³-hybridized carbons (Fsp3) is 0.841. The zero-order valence-electron chi connectivity index (χ0n) is 36.0. The second kappa shape index (κ2) is 18.9. The molecule has 334 valence electrons. The second-order valence-corrected chi connectivity index (χ2v) is 18.2. The van der Waals surface area contributed by atoms with Crippen LogP contribution in [0.3, 0.4) is 0 Å². The van der Waals surface area contributed by atoms with Crippen LogP contribution >= 0.6 is 0 Å². The number of hydrogen-bond donors (Lipinski definition) is 3. The number of hydrogen-bond acceptors (Lipinski definition) is 15. The molecule has 3 aliphatic heterocycles. The minimum absolute atomic E-state index is 0.00169. The highest BCUT2D eigenvalue weighted by atomic mass is 17.2. The summed E-state index contributed by atoms with van der Waals surface area (Å²) in [7, 11) is 4.92. The lowest BCUT2D eigenvalue weighted by Crippen LogP contribution is -2.56. The Bertz CT molecular complexity index is 1580. The van der Waals surface area contributed by atoms with Gasteiger partial charge in [-0.05, 0) is 77.2 Å². The van der Waals surface area contributed by atoms with Gasteiger partial charge in [-0.25, -0.2) is 9.78 Å². The first-order chi connectivity index (χ1) is 28.2. The maximum Gasteiger partial charge on any atom is 0.172 e. The van der Waals surface area contributed by atoms with Crippen molar-refractivity contribution in [2.24, 2.45) is 23.2 Å². The van der Waals surface area contributed by atoms with E-state index in [1.54, 1.807) is 34.3 Å². The summed E-state index contributed by atoms with van der Waals surface area (Å²) < 4.78 is 53.8. The molecule has 0 radical (unpaired) electrons. The SMILES string of the molecule is CO[C@H]1C[C@H](COC[C@@H]2[C@H](C)O[C@@H](COO[C@H]3[C@@H](OC)C[C@H](O[C@@H]4CC5=CC[C@H]6C(=O)[C@](O)(c7ccoc7C)CC[C@@H]6[C@@]5(C)C[C@H]4O)O[C@@H]3C)C[C@@H]2OC)O[C@H](C)[C@H]1O. The minimum Gasteiger partial charge on any atom is -0.469 e. The number of carbonyl (C=O) groups is 1. The second-order valence-electron chi connectivity index (χ2n) is 18.2. The molecule has 0 unspecified atom stereocenters. The molecule has 5 fully saturated rings. The van der Waals surface area contributed by atoms with Crippen molar-refractivity contribution < 1.29 is 72.2 Å². The molecule has 3 N–H and O–H groups in total. The number of Topliss-reactive ketones (excluding diaryl/α,β-unsaturated/α-hetero) is 1. The Morgan fingerprint density at radius 3 is 2.29 bits per heavy atom. The third-order valence-electron chi connectivity index (χ3n) is 14.7. The number of rotatable bonds is 14. The standard InChI is InChI=1S/C44H68O15/c1-23-31(22-52-20-28-17-37(50-7)40(46)25(3)56-28)35(49-6)16-29(55-23)21-54-59-41-26(4)57-39(18-38(41)51-8)58-36-15-27-9-10-30-33(43(27,5)19-34(36)45)11-13-44(48,42(30)47)32-12-14-53-24(32)2/h9,12,14,23,25-26,28-31,33-41,45-46,48H,10-11,13,15-22H2,1-8H3/t23-,25+,26+,28+,29+,30+,31+,33-,34+,35-,36+,37-,38-,39-,40+,41+,43-,44+/m0/s1. The molecule has 6 aliphatic rings. The van der Waals surface area contributed by atoms with Crippen LogP contribution in [0.25, 0.3) is 0 Å². The van der Waals surface area contributed by atoms with Gasteiger partial charge in [0.15, 0.2) is 17.7 Å². The minimum atomic E-state index is -1.55. The van der Waals surface area contributed by atoms with Gasteiger partial charge in [0.1, 0.15) is 24.6 Å². The van der Waals surface area contributed by atoms with Gasteiger partial charge in [-0.15, -0.1) is 0 Å². The molecule has 1 aromatic heterocycles. The predicted molar refractivity (Wildman–Crippen MR) is 210 cm³/mol. The van der Waals surface area contributed by atoms with E-state index in [1.807, 2.05) is 20.8 Å². The Morgan fingerprint density at radius 1 is 0.864 bits per heavy atom. The van der Waals surface area contributed by atoms with Crippen molar-refractivity contribution in [3.63, 3.8) is 0 Å². The highest BCUT2D eigenvalue weighted by Crippen LogP contribution is 2.58. The molecule has 15 nitrogen and oxygen atoms in total. The van der Waals surface area contributed by atoms with Gasteiger partial charge in [0.25, 0.3) is 0 Å². The first kappa shape index (κ1) is 45.2. The first-order valence-corrected chi connectivity index (χ1v) is 21.6. The number of furan rings is 1. The number of aryl methyl sites for hydroxylation is 1. The van der Waals surface area contributed by atoms with Crippen LogP contribution in [-0.4, -0.2) is 142 Å². The molecule has 2 saturated carbocycles. The Morgan fingerprint density at radius 2 is 1.58 bits per heavy atom. The van der Waals surface area contributed by atoms with Gasteiger partial charge in [-0.2, -0.15) is 0 Å². The number of aliphatic hydroxyl groups excluding tert-OH is 2. The predicted octanol–water partition coefficient (Wildman–Crippen LogP) is 4.09. The van der Waals surface area contributed by atoms with Crippen LogP contribution in [0.4, 0.5) is 0 Å². The van der Waals surface area contributed by atoms with Gasteiger partial charge in [0.2, 0.25) is 0 Å². The van der Waals surface area contributed by atoms with Crippen molar-refractivity contribution >= 4 is 5.78 Å². The molecular formula is C44H68O15. The molecule has 0 bridgehead atoms. The van der Waals surface area contributed by atoms with E-state index in [0.29, 0.717) is 75.9 Å². The molecule has 59 heavy (non-hydrogen) atoms. The van der Waals surface area contributed by atoms with Crippen molar-refractivity contribution in [3.8, 4) is 0 Å². The molecule has 3 saturated heterocycles. The summed E-state index contributed by atoms with van der Waals surface area (Å²) in [6, 6.07) is 1.70. The third kappa shape index (κ3) is 9.16. The van der Waals surface area contributed by atoms with Gasteiger partial charge < -0.3 is 57.6 Å². The van der Waals surface area contributed by atoms with E-state index >= 15 is 0 Å². The van der Waals surface area contributed by atoms with Gasteiger partial charge in [0, 0.05) is 58.0 Å². The zero-order valence-corrected chi connectivity index (χ0v) is 36.0. The molecule has 0 aromatic carbocycles. The molecule has 18 atom stereocenters. The average Bonchev–Trinajstić information content (AvgIpc) is 3.65. The van der Waals surface area contributed by atoms with Crippen LogP contribution in [0.15, 0.2) is 28.4 Å². The number of ketones is 1. The maximum absolute atomic E-state index is 13.9.